The van der Waals surface area contributed by atoms with E-state index in [2.05, 4.69) is 161 Å². The summed E-state index contributed by atoms with van der Waals surface area (Å²) in [6.45, 7) is 4.45. The van der Waals surface area contributed by atoms with Crippen LogP contribution in [0.25, 0.3) is 0 Å². The van der Waals surface area contributed by atoms with E-state index in [1.807, 2.05) is 12.2 Å². The average molecular weight is 1440 g/mol. The molecule has 100 heavy (non-hydrogen) atoms. The molecule has 0 fully saturated rings. The van der Waals surface area contributed by atoms with Crippen molar-refractivity contribution in [1.29, 1.82) is 0 Å². The molecule has 0 bridgehead atoms. The summed E-state index contributed by atoms with van der Waals surface area (Å²) in [5.74, 6) is -2.31. The first-order chi connectivity index (χ1) is 48.7. The van der Waals surface area contributed by atoms with Crippen LogP contribution in [0.2, 0.25) is 0 Å². The molecule has 0 saturated carbocycles. The van der Waals surface area contributed by atoms with Crippen LogP contribution in [0.1, 0.15) is 285 Å². The third-order valence-corrected chi connectivity index (χ3v) is 17.2. The summed E-state index contributed by atoms with van der Waals surface area (Å²) in [6.07, 6.45) is 81.4. The molecule has 5 atom stereocenters. The zero-order valence-electron chi connectivity index (χ0n) is 62.1. The fraction of sp³-hybridized carbons (Fsp3) is 0.654. The first-order valence-corrected chi connectivity index (χ1v) is 41.1. The highest BCUT2D eigenvalue weighted by atomic mass is 31.2. The SMILES string of the molecule is CC/C=C\C/C=C\C/C=C\C/C=C\C/C=C\CCCCCC(=O)OCC(COP(=O)(O)OCC(O)COP(=O)(O)OCC(COC(=O)CCCCCCC/C=C\CCCCCC)OC(=O)CCCCCCC/C=C\CCCC)OC(=O)CCC/C=C\C/C=C\C/C=C\C/C=C\C/C=C\CC. The highest BCUT2D eigenvalue weighted by Crippen LogP contribution is 2.45. The molecular weight excluding hydrogens is 1310 g/mol. The van der Waals surface area contributed by atoms with Crippen LogP contribution in [0.4, 0.5) is 0 Å². The molecule has 0 aliphatic rings. The third-order valence-electron chi connectivity index (χ3n) is 15.3. The van der Waals surface area contributed by atoms with Gasteiger partial charge in [0.15, 0.2) is 12.2 Å². The van der Waals surface area contributed by atoms with Crippen molar-refractivity contribution in [1.82, 2.24) is 0 Å². The van der Waals surface area contributed by atoms with E-state index in [0.29, 0.717) is 32.1 Å². The fourth-order valence-corrected chi connectivity index (χ4v) is 11.1. The molecule has 0 saturated heterocycles. The molecular formula is C81H134O17P2. The van der Waals surface area contributed by atoms with Crippen LogP contribution < -0.4 is 0 Å². The topological polar surface area (TPSA) is 237 Å². The number of unbranched alkanes of at least 4 members (excludes halogenated alkanes) is 20. The fourth-order valence-electron chi connectivity index (χ4n) is 9.49. The summed E-state index contributed by atoms with van der Waals surface area (Å²) >= 11 is 0. The maximum absolute atomic E-state index is 13.1. The Kier molecular flexibility index (Phi) is 68.6. The van der Waals surface area contributed by atoms with Gasteiger partial charge in [0.05, 0.1) is 26.4 Å². The molecule has 0 rings (SSSR count). The predicted octanol–water partition coefficient (Wildman–Crippen LogP) is 21.9. The van der Waals surface area contributed by atoms with Gasteiger partial charge < -0.3 is 33.8 Å². The van der Waals surface area contributed by atoms with Crippen LogP contribution in [0.5, 0.6) is 0 Å². The first-order valence-electron chi connectivity index (χ1n) is 38.1. The lowest BCUT2D eigenvalue weighted by molar-refractivity contribution is -0.161. The Balaban J connectivity index is 5.44. The number of phosphoric ester groups is 2. The van der Waals surface area contributed by atoms with E-state index >= 15 is 0 Å². The quantitative estimate of drug-likeness (QED) is 0.0169. The van der Waals surface area contributed by atoms with E-state index in [1.54, 1.807) is 0 Å². The molecule has 570 valence electrons. The molecule has 19 heteroatoms. The Morgan fingerprint density at radius 2 is 0.540 bits per heavy atom. The van der Waals surface area contributed by atoms with Gasteiger partial charge in [-0.25, -0.2) is 9.13 Å². The maximum atomic E-state index is 13.1. The number of rotatable bonds is 70. The number of esters is 4. The molecule has 5 unspecified atom stereocenters. The van der Waals surface area contributed by atoms with Crippen LogP contribution in [0.3, 0.4) is 0 Å². The van der Waals surface area contributed by atoms with Gasteiger partial charge in [0.2, 0.25) is 0 Å². The van der Waals surface area contributed by atoms with Crippen molar-refractivity contribution < 1.29 is 80.2 Å². The van der Waals surface area contributed by atoms with E-state index in [9.17, 15) is 43.2 Å². The predicted molar refractivity (Wildman–Crippen MR) is 408 cm³/mol. The van der Waals surface area contributed by atoms with Gasteiger partial charge in [0.25, 0.3) is 0 Å². The van der Waals surface area contributed by atoms with Crippen LogP contribution in [0, 0.1) is 0 Å². The Hall–Kier alpha value is -5.06. The molecule has 3 N–H and O–H groups in total. The Bertz CT molecular complexity index is 2470. The summed E-state index contributed by atoms with van der Waals surface area (Å²) in [5, 5.41) is 10.6. The molecule has 0 radical (unpaired) electrons. The molecule has 0 amide bonds. The van der Waals surface area contributed by atoms with Gasteiger partial charge in [-0.1, -0.05) is 251 Å². The van der Waals surface area contributed by atoms with Crippen LogP contribution in [-0.4, -0.2) is 96.7 Å². The number of aliphatic hydroxyl groups excluding tert-OH is 1. The minimum Gasteiger partial charge on any atom is -0.462 e. The number of carbonyl (C=O) groups excluding carboxylic acids is 4. The standard InChI is InChI=1S/C81H134O17P2/c1-5-9-13-17-21-25-29-32-34-36-37-39-40-43-47-50-54-58-62-66-79(84)92-72-77(98-81(86)68-64-60-56-52-48-44-41-38-35-33-30-26-22-18-14-10-6-2)74-96-100(89,90)94-70-75(82)69-93-99(87,88)95-73-76(97-80(85)67-63-59-55-51-45-28-24-20-16-12-8-4)71-91-78(83)65-61-57-53-49-46-42-31-27-23-19-15-11-7-3/h9-10,13-14,20-22,24-27,31-35,37,39,41,43-44,47,52,56,75-77,82H,5-8,11-12,15-19,23,28-30,36,38,40,42,45-46,48-51,53-55,57-74H2,1-4H3,(H,87,88)(H,89,90)/b13-9-,14-10-,24-20-,25-21-,26-22-,31-27-,34-32-,35-33-,39-37-,44-41-,47-43-,56-52-. The summed E-state index contributed by atoms with van der Waals surface area (Å²) in [4.78, 5) is 72.8. The van der Waals surface area contributed by atoms with Gasteiger partial charge >= 0.3 is 39.5 Å². The van der Waals surface area contributed by atoms with Crippen molar-refractivity contribution in [2.45, 2.75) is 303 Å². The molecule has 0 aromatic rings. The summed E-state index contributed by atoms with van der Waals surface area (Å²) in [6, 6.07) is 0. The number of carbonyl (C=O) groups is 4. The summed E-state index contributed by atoms with van der Waals surface area (Å²) in [7, 11) is -9.99. The largest absolute Gasteiger partial charge is 0.472 e. The second kappa shape index (κ2) is 72.3. The van der Waals surface area contributed by atoms with Gasteiger partial charge in [-0.2, -0.15) is 0 Å². The minimum atomic E-state index is -5.00. The number of allylic oxidation sites excluding steroid dienone is 24. The monoisotopic (exact) mass is 1440 g/mol. The van der Waals surface area contributed by atoms with Crippen LogP contribution in [0.15, 0.2) is 146 Å². The van der Waals surface area contributed by atoms with E-state index in [1.165, 1.54) is 38.5 Å². The normalized spacial score (nSPS) is 14.8. The van der Waals surface area contributed by atoms with Gasteiger partial charge in [-0.15, -0.1) is 0 Å². The van der Waals surface area contributed by atoms with E-state index < -0.39 is 97.5 Å². The van der Waals surface area contributed by atoms with Crippen molar-refractivity contribution in [2.75, 3.05) is 39.6 Å². The Labute approximate surface area is 605 Å². The highest BCUT2D eigenvalue weighted by Gasteiger charge is 2.30. The first kappa shape index (κ1) is 94.9. The van der Waals surface area contributed by atoms with E-state index in [0.717, 1.165) is 161 Å². The van der Waals surface area contributed by atoms with Gasteiger partial charge in [-0.05, 0) is 154 Å². The maximum Gasteiger partial charge on any atom is 0.472 e. The van der Waals surface area contributed by atoms with Crippen molar-refractivity contribution in [3.05, 3.63) is 146 Å². The lowest BCUT2D eigenvalue weighted by Gasteiger charge is -2.21. The van der Waals surface area contributed by atoms with Crippen LogP contribution in [-0.2, 0) is 65.4 Å². The van der Waals surface area contributed by atoms with Gasteiger partial charge in [0.1, 0.15) is 19.3 Å². The number of hydrogen-bond donors (Lipinski definition) is 3. The lowest BCUT2D eigenvalue weighted by Crippen LogP contribution is -2.30. The van der Waals surface area contributed by atoms with Crippen LogP contribution >= 0.6 is 15.6 Å². The molecule has 0 spiro atoms. The lowest BCUT2D eigenvalue weighted by atomic mass is 10.1. The molecule has 0 aromatic carbocycles. The zero-order chi connectivity index (χ0) is 73.2. The Morgan fingerprint density at radius 1 is 0.290 bits per heavy atom. The minimum absolute atomic E-state index is 0.00405. The smallest absolute Gasteiger partial charge is 0.462 e. The van der Waals surface area contributed by atoms with Gasteiger partial charge in [0, 0.05) is 25.7 Å². The van der Waals surface area contributed by atoms with Crippen molar-refractivity contribution in [3.8, 4) is 0 Å². The van der Waals surface area contributed by atoms with Crippen molar-refractivity contribution in [2.24, 2.45) is 0 Å². The van der Waals surface area contributed by atoms with E-state index in [-0.39, 0.29) is 25.7 Å². The number of phosphoric acid groups is 2. The second-order valence-electron chi connectivity index (χ2n) is 24.8. The average Bonchev–Trinajstić information content (AvgIpc) is 0.930. The molecule has 0 aliphatic carbocycles. The molecule has 0 aromatic heterocycles. The third kappa shape index (κ3) is 71.3. The highest BCUT2D eigenvalue weighted by molar-refractivity contribution is 7.47. The molecule has 0 aliphatic heterocycles. The zero-order valence-corrected chi connectivity index (χ0v) is 63.9. The van der Waals surface area contributed by atoms with E-state index in [4.69, 9.17) is 37.0 Å². The van der Waals surface area contributed by atoms with Crippen molar-refractivity contribution >= 4 is 39.5 Å². The summed E-state index contributed by atoms with van der Waals surface area (Å²) < 4.78 is 68.3. The van der Waals surface area contributed by atoms with Gasteiger partial charge in [-0.3, -0.25) is 37.3 Å². The molecule has 17 nitrogen and oxygen atoms in total. The Morgan fingerprint density at radius 3 is 0.890 bits per heavy atom. The second-order valence-corrected chi connectivity index (χ2v) is 27.7. The summed E-state index contributed by atoms with van der Waals surface area (Å²) in [5.41, 5.74) is 0. The number of hydrogen-bond acceptors (Lipinski definition) is 15. The molecule has 0 heterocycles. The number of ether oxygens (including phenoxy) is 4. The van der Waals surface area contributed by atoms with Crippen molar-refractivity contribution in [3.63, 3.8) is 0 Å². The number of aliphatic hydroxyl groups is 1.